The Balaban J connectivity index is 1.76. The van der Waals surface area contributed by atoms with Gasteiger partial charge in [-0.2, -0.15) is 0 Å². The first-order valence-corrected chi connectivity index (χ1v) is 7.55. The summed E-state index contributed by atoms with van der Waals surface area (Å²) in [5.74, 6) is 0. The van der Waals surface area contributed by atoms with Crippen LogP contribution in [0.1, 0.15) is 56.9 Å². The van der Waals surface area contributed by atoms with E-state index in [0.717, 1.165) is 17.9 Å². The van der Waals surface area contributed by atoms with Crippen LogP contribution in [0.5, 0.6) is 0 Å². The van der Waals surface area contributed by atoms with Crippen molar-refractivity contribution in [2.75, 3.05) is 0 Å². The molecule has 18 heavy (non-hydrogen) atoms. The highest BCUT2D eigenvalue weighted by atomic mass is 35.5. The van der Waals surface area contributed by atoms with Gasteiger partial charge in [-0.05, 0) is 48.8 Å². The summed E-state index contributed by atoms with van der Waals surface area (Å²) in [6.07, 6.45) is 10.7. The van der Waals surface area contributed by atoms with E-state index in [0.29, 0.717) is 5.41 Å². The van der Waals surface area contributed by atoms with Gasteiger partial charge < -0.3 is 5.73 Å². The minimum absolute atomic E-state index is 0.116. The molecule has 2 saturated carbocycles. The molecule has 2 fully saturated rings. The molecule has 0 amide bonds. The molecule has 98 valence electrons. The number of halogens is 1. The second-order valence-electron chi connectivity index (χ2n) is 6.43. The molecule has 0 aliphatic heterocycles. The van der Waals surface area contributed by atoms with Crippen LogP contribution in [0, 0.1) is 5.41 Å². The van der Waals surface area contributed by atoms with Gasteiger partial charge in [0.05, 0.1) is 0 Å². The van der Waals surface area contributed by atoms with Gasteiger partial charge in [-0.1, -0.05) is 49.4 Å². The first-order valence-electron chi connectivity index (χ1n) is 7.17. The minimum atomic E-state index is -0.116. The van der Waals surface area contributed by atoms with Crippen molar-refractivity contribution in [3.05, 3.63) is 34.9 Å². The van der Waals surface area contributed by atoms with Gasteiger partial charge in [0.15, 0.2) is 0 Å². The summed E-state index contributed by atoms with van der Waals surface area (Å²) in [4.78, 5) is 0. The van der Waals surface area contributed by atoms with E-state index in [1.54, 1.807) is 0 Å². The SMILES string of the molecule is NC1(c2cccc(Cl)c2)CC2(CCCCCC2)C1. The van der Waals surface area contributed by atoms with Gasteiger partial charge >= 0.3 is 0 Å². The third kappa shape index (κ3) is 2.19. The van der Waals surface area contributed by atoms with E-state index in [4.69, 9.17) is 17.3 Å². The largest absolute Gasteiger partial charge is 0.321 e. The molecule has 1 nitrogen and oxygen atoms in total. The fraction of sp³-hybridized carbons (Fsp3) is 0.625. The first-order chi connectivity index (χ1) is 8.62. The summed E-state index contributed by atoms with van der Waals surface area (Å²) in [6, 6.07) is 8.12. The molecule has 1 aromatic rings. The van der Waals surface area contributed by atoms with E-state index in [9.17, 15) is 0 Å². The Morgan fingerprint density at radius 1 is 1.00 bits per heavy atom. The smallest absolute Gasteiger partial charge is 0.0420 e. The molecule has 0 radical (unpaired) electrons. The third-order valence-electron chi connectivity index (χ3n) is 4.94. The maximum absolute atomic E-state index is 6.59. The molecule has 0 bridgehead atoms. The number of benzene rings is 1. The van der Waals surface area contributed by atoms with Crippen molar-refractivity contribution in [1.29, 1.82) is 0 Å². The van der Waals surface area contributed by atoms with Crippen LogP contribution in [0.25, 0.3) is 0 Å². The molecule has 0 unspecified atom stereocenters. The molecule has 2 heteroatoms. The first kappa shape index (κ1) is 12.5. The number of rotatable bonds is 1. The Morgan fingerprint density at radius 3 is 2.28 bits per heavy atom. The molecule has 0 aromatic heterocycles. The number of hydrogen-bond acceptors (Lipinski definition) is 1. The molecule has 1 aromatic carbocycles. The zero-order valence-corrected chi connectivity index (χ0v) is 11.7. The van der Waals surface area contributed by atoms with Gasteiger partial charge in [-0.3, -0.25) is 0 Å². The fourth-order valence-electron chi connectivity index (χ4n) is 4.12. The quantitative estimate of drug-likeness (QED) is 0.786. The van der Waals surface area contributed by atoms with Crippen molar-refractivity contribution in [1.82, 2.24) is 0 Å². The molecule has 0 heterocycles. The second-order valence-corrected chi connectivity index (χ2v) is 6.87. The topological polar surface area (TPSA) is 26.0 Å². The lowest BCUT2D eigenvalue weighted by Gasteiger charge is -2.55. The van der Waals surface area contributed by atoms with Crippen LogP contribution in [-0.2, 0) is 5.54 Å². The van der Waals surface area contributed by atoms with Crippen molar-refractivity contribution in [2.24, 2.45) is 11.1 Å². The predicted molar refractivity (Wildman–Crippen MR) is 76.7 cm³/mol. The van der Waals surface area contributed by atoms with Crippen LogP contribution in [0.2, 0.25) is 5.02 Å². The van der Waals surface area contributed by atoms with Crippen LogP contribution < -0.4 is 5.73 Å². The lowest BCUT2D eigenvalue weighted by Crippen LogP contribution is -2.55. The highest BCUT2D eigenvalue weighted by molar-refractivity contribution is 6.30. The Labute approximate surface area is 115 Å². The van der Waals surface area contributed by atoms with E-state index in [1.165, 1.54) is 44.1 Å². The van der Waals surface area contributed by atoms with E-state index in [1.807, 2.05) is 18.2 Å². The van der Waals surface area contributed by atoms with Crippen molar-refractivity contribution in [3.63, 3.8) is 0 Å². The van der Waals surface area contributed by atoms with Crippen LogP contribution in [0.4, 0.5) is 0 Å². The summed E-state index contributed by atoms with van der Waals surface area (Å²) in [5, 5.41) is 0.805. The molecular formula is C16H22ClN. The lowest BCUT2D eigenvalue weighted by molar-refractivity contribution is 0.00964. The van der Waals surface area contributed by atoms with Crippen molar-refractivity contribution in [3.8, 4) is 0 Å². The van der Waals surface area contributed by atoms with Crippen molar-refractivity contribution < 1.29 is 0 Å². The lowest BCUT2D eigenvalue weighted by atomic mass is 9.53. The Bertz CT molecular complexity index is 424. The number of nitrogens with two attached hydrogens (primary N) is 1. The minimum Gasteiger partial charge on any atom is -0.321 e. The zero-order chi connectivity index (χ0) is 12.6. The van der Waals surface area contributed by atoms with Crippen molar-refractivity contribution in [2.45, 2.75) is 56.9 Å². The predicted octanol–water partition coefficient (Wildman–Crippen LogP) is 4.63. The summed E-state index contributed by atoms with van der Waals surface area (Å²) < 4.78 is 0. The van der Waals surface area contributed by atoms with Gasteiger partial charge in [0.1, 0.15) is 0 Å². The van der Waals surface area contributed by atoms with Crippen molar-refractivity contribution >= 4 is 11.6 Å². The Kier molecular flexibility index (Phi) is 3.15. The van der Waals surface area contributed by atoms with E-state index < -0.39 is 0 Å². The average molecular weight is 264 g/mol. The third-order valence-corrected chi connectivity index (χ3v) is 5.18. The number of hydrogen-bond donors (Lipinski definition) is 1. The highest BCUT2D eigenvalue weighted by Gasteiger charge is 2.52. The van der Waals surface area contributed by atoms with Crippen LogP contribution in [0.15, 0.2) is 24.3 Å². The molecule has 0 saturated heterocycles. The van der Waals surface area contributed by atoms with Gasteiger partial charge in [-0.25, -0.2) is 0 Å². The second kappa shape index (κ2) is 4.54. The summed E-state index contributed by atoms with van der Waals surface area (Å²) in [5.41, 5.74) is 8.25. The molecular weight excluding hydrogens is 242 g/mol. The normalized spacial score (nSPS) is 25.4. The Hall–Kier alpha value is -0.530. The maximum Gasteiger partial charge on any atom is 0.0420 e. The Morgan fingerprint density at radius 2 is 1.67 bits per heavy atom. The van der Waals surface area contributed by atoms with E-state index in [2.05, 4.69) is 6.07 Å². The van der Waals surface area contributed by atoms with Gasteiger partial charge in [-0.15, -0.1) is 0 Å². The highest BCUT2D eigenvalue weighted by Crippen LogP contribution is 2.58. The molecule has 1 spiro atoms. The molecule has 0 atom stereocenters. The summed E-state index contributed by atoms with van der Waals surface area (Å²) >= 11 is 6.08. The van der Waals surface area contributed by atoms with Gasteiger partial charge in [0, 0.05) is 10.6 Å². The average Bonchev–Trinajstić information content (AvgIpc) is 2.54. The van der Waals surface area contributed by atoms with E-state index >= 15 is 0 Å². The standard InChI is InChI=1S/C16H22ClN/c17-14-7-5-6-13(10-14)16(18)11-15(12-16)8-3-1-2-4-9-15/h5-7,10H,1-4,8-9,11-12,18H2. The molecule has 2 aliphatic carbocycles. The summed E-state index contributed by atoms with van der Waals surface area (Å²) in [6.45, 7) is 0. The van der Waals surface area contributed by atoms with Gasteiger partial charge in [0.25, 0.3) is 0 Å². The molecule has 2 aliphatic rings. The van der Waals surface area contributed by atoms with Crippen LogP contribution >= 0.6 is 11.6 Å². The van der Waals surface area contributed by atoms with Gasteiger partial charge in [0.2, 0.25) is 0 Å². The fourth-order valence-corrected chi connectivity index (χ4v) is 4.31. The monoisotopic (exact) mass is 263 g/mol. The molecule has 3 rings (SSSR count). The van der Waals surface area contributed by atoms with E-state index in [-0.39, 0.29) is 5.54 Å². The van der Waals surface area contributed by atoms with Crippen LogP contribution in [-0.4, -0.2) is 0 Å². The zero-order valence-electron chi connectivity index (χ0n) is 10.9. The summed E-state index contributed by atoms with van der Waals surface area (Å²) in [7, 11) is 0. The maximum atomic E-state index is 6.59. The van der Waals surface area contributed by atoms with Crippen LogP contribution in [0.3, 0.4) is 0 Å². The molecule has 2 N–H and O–H groups in total.